The predicted octanol–water partition coefficient (Wildman–Crippen LogP) is 5.27. The van der Waals surface area contributed by atoms with Crippen molar-refractivity contribution < 1.29 is 13.2 Å². The number of aryl methyl sites for hydroxylation is 2. The first-order chi connectivity index (χ1) is 14.6. The number of aromatic amines is 1. The van der Waals surface area contributed by atoms with E-state index in [0.717, 1.165) is 12.0 Å². The lowest BCUT2D eigenvalue weighted by Crippen LogP contribution is -2.29. The number of rotatable bonds is 8. The molecule has 0 bridgehead atoms. The fourth-order valence-corrected chi connectivity index (χ4v) is 3.70. The van der Waals surface area contributed by atoms with Crippen LogP contribution in [-0.2, 0) is 20.0 Å². The first kappa shape index (κ1) is 23.4. The van der Waals surface area contributed by atoms with Crippen molar-refractivity contribution in [2.24, 2.45) is 7.05 Å². The molecule has 1 aromatic carbocycles. The summed E-state index contributed by atoms with van der Waals surface area (Å²) in [6, 6.07) is 4.99. The van der Waals surface area contributed by atoms with Gasteiger partial charge in [-0.05, 0) is 30.5 Å². The first-order valence-corrected chi connectivity index (χ1v) is 10.6. The number of halogens is 5. The summed E-state index contributed by atoms with van der Waals surface area (Å²) in [5.41, 5.74) is 1.80. The second kappa shape index (κ2) is 9.48. The summed E-state index contributed by atoms with van der Waals surface area (Å²) in [4.78, 5) is 21.6. The topological polar surface area (TPSA) is 66.8 Å². The molecule has 3 rings (SSSR count). The summed E-state index contributed by atoms with van der Waals surface area (Å²) in [5, 5.41) is 5.09. The third-order valence-corrected chi connectivity index (χ3v) is 5.52. The summed E-state index contributed by atoms with van der Waals surface area (Å²) >= 11 is 12.0. The van der Waals surface area contributed by atoms with E-state index in [2.05, 4.69) is 15.1 Å². The molecule has 168 valence electrons. The van der Waals surface area contributed by atoms with Gasteiger partial charge in [0.2, 0.25) is 5.95 Å². The van der Waals surface area contributed by atoms with E-state index >= 15 is 0 Å². The summed E-state index contributed by atoms with van der Waals surface area (Å²) in [5.74, 6) is 0.191. The molecule has 0 atom stereocenters. The van der Waals surface area contributed by atoms with Gasteiger partial charge in [0.1, 0.15) is 5.52 Å². The SMILES string of the molecule is CCCc1nn(C)c2c(=O)[nH]c(N(CCCC(F)(F)F)Cc3ccc(Cl)c(Cl)c3)nc12. The Bertz CT molecular complexity index is 1130. The summed E-state index contributed by atoms with van der Waals surface area (Å²) in [6.45, 7) is 2.23. The fraction of sp³-hybridized carbons (Fsp3) is 0.450. The van der Waals surface area contributed by atoms with Gasteiger partial charge < -0.3 is 4.90 Å². The van der Waals surface area contributed by atoms with Crippen LogP contribution in [0.4, 0.5) is 19.1 Å². The smallest absolute Gasteiger partial charge is 0.338 e. The molecule has 2 heterocycles. The lowest BCUT2D eigenvalue weighted by molar-refractivity contribution is -0.135. The van der Waals surface area contributed by atoms with Gasteiger partial charge in [0, 0.05) is 26.6 Å². The molecule has 0 aliphatic rings. The van der Waals surface area contributed by atoms with Crippen molar-refractivity contribution in [2.45, 2.75) is 45.3 Å². The van der Waals surface area contributed by atoms with Gasteiger partial charge in [-0.15, -0.1) is 0 Å². The summed E-state index contributed by atoms with van der Waals surface area (Å²) < 4.78 is 39.6. The highest BCUT2D eigenvalue weighted by Crippen LogP contribution is 2.26. The average molecular weight is 476 g/mol. The highest BCUT2D eigenvalue weighted by molar-refractivity contribution is 6.42. The van der Waals surface area contributed by atoms with Crippen molar-refractivity contribution in [1.29, 1.82) is 0 Å². The number of hydrogen-bond donors (Lipinski definition) is 1. The molecular formula is C20H22Cl2F3N5O. The molecule has 0 saturated heterocycles. The van der Waals surface area contributed by atoms with Crippen molar-refractivity contribution in [1.82, 2.24) is 19.7 Å². The number of hydrogen-bond acceptors (Lipinski definition) is 4. The van der Waals surface area contributed by atoms with E-state index in [0.29, 0.717) is 33.2 Å². The third-order valence-electron chi connectivity index (χ3n) is 4.78. The van der Waals surface area contributed by atoms with Crippen molar-refractivity contribution in [3.05, 3.63) is 49.9 Å². The average Bonchev–Trinajstić information content (AvgIpc) is 2.99. The minimum Gasteiger partial charge on any atom is -0.338 e. The molecule has 0 amide bonds. The molecule has 1 N–H and O–H groups in total. The van der Waals surface area contributed by atoms with Gasteiger partial charge in [-0.1, -0.05) is 42.6 Å². The highest BCUT2D eigenvalue weighted by Gasteiger charge is 2.27. The van der Waals surface area contributed by atoms with E-state index in [1.807, 2.05) is 6.92 Å². The maximum Gasteiger partial charge on any atom is 0.389 e. The van der Waals surface area contributed by atoms with Crippen LogP contribution in [0.3, 0.4) is 0 Å². The number of nitrogens with one attached hydrogen (secondary N) is 1. The Morgan fingerprint density at radius 1 is 1.23 bits per heavy atom. The zero-order chi connectivity index (χ0) is 22.8. The third kappa shape index (κ3) is 5.71. The molecule has 0 radical (unpaired) electrons. The number of H-pyrrole nitrogens is 1. The van der Waals surface area contributed by atoms with Crippen LogP contribution in [0.1, 0.15) is 37.4 Å². The van der Waals surface area contributed by atoms with Crippen LogP contribution in [0.2, 0.25) is 10.0 Å². The van der Waals surface area contributed by atoms with Crippen molar-refractivity contribution in [3.8, 4) is 0 Å². The molecule has 0 saturated carbocycles. The molecular weight excluding hydrogens is 454 g/mol. The Morgan fingerprint density at radius 2 is 1.97 bits per heavy atom. The standard InChI is InChI=1S/C20H22Cl2F3N5O/c1-3-5-15-16-17(29(2)28-15)18(31)27-19(26-16)30(9-4-8-20(23,24)25)11-12-6-7-13(21)14(22)10-12/h6-7,10H,3-5,8-9,11H2,1-2H3,(H,26,27,31). The molecule has 31 heavy (non-hydrogen) atoms. The van der Waals surface area contributed by atoms with E-state index in [9.17, 15) is 18.0 Å². The van der Waals surface area contributed by atoms with Crippen LogP contribution in [0.25, 0.3) is 11.0 Å². The van der Waals surface area contributed by atoms with Gasteiger partial charge in [0.25, 0.3) is 5.56 Å². The maximum absolute atomic E-state index is 12.7. The Balaban J connectivity index is 2.00. The Hall–Kier alpha value is -2.26. The molecule has 0 aliphatic heterocycles. The zero-order valence-corrected chi connectivity index (χ0v) is 18.6. The predicted molar refractivity (Wildman–Crippen MR) is 116 cm³/mol. The number of alkyl halides is 3. The van der Waals surface area contributed by atoms with E-state index < -0.39 is 18.2 Å². The summed E-state index contributed by atoms with van der Waals surface area (Å²) in [6.07, 6.45) is -3.91. The first-order valence-electron chi connectivity index (χ1n) is 9.80. The molecule has 0 aliphatic carbocycles. The number of fused-ring (bicyclic) bond motifs is 1. The van der Waals surface area contributed by atoms with Crippen LogP contribution in [-0.4, -0.2) is 32.5 Å². The Labute approximate surface area is 187 Å². The van der Waals surface area contributed by atoms with Gasteiger partial charge in [0.15, 0.2) is 5.52 Å². The molecule has 0 unspecified atom stereocenters. The van der Waals surface area contributed by atoms with Crippen LogP contribution in [0.15, 0.2) is 23.0 Å². The Kier molecular flexibility index (Phi) is 7.16. The van der Waals surface area contributed by atoms with Crippen LogP contribution < -0.4 is 10.5 Å². The zero-order valence-electron chi connectivity index (χ0n) is 17.1. The van der Waals surface area contributed by atoms with Crippen LogP contribution in [0, 0.1) is 0 Å². The number of benzene rings is 1. The van der Waals surface area contributed by atoms with E-state index in [1.54, 1.807) is 30.1 Å². The minimum absolute atomic E-state index is 0.0393. The minimum atomic E-state index is -4.27. The van der Waals surface area contributed by atoms with Crippen molar-refractivity contribution >= 4 is 40.2 Å². The molecule has 0 spiro atoms. The molecule has 0 fully saturated rings. The molecule has 3 aromatic rings. The molecule has 11 heteroatoms. The fourth-order valence-electron chi connectivity index (χ4n) is 3.38. The Morgan fingerprint density at radius 3 is 2.61 bits per heavy atom. The van der Waals surface area contributed by atoms with Crippen molar-refractivity contribution in [2.75, 3.05) is 11.4 Å². The number of aromatic nitrogens is 4. The van der Waals surface area contributed by atoms with E-state index in [4.69, 9.17) is 23.2 Å². The van der Waals surface area contributed by atoms with Crippen LogP contribution >= 0.6 is 23.2 Å². The van der Waals surface area contributed by atoms with E-state index in [1.165, 1.54) is 4.68 Å². The maximum atomic E-state index is 12.7. The second-order valence-electron chi connectivity index (χ2n) is 7.30. The lowest BCUT2D eigenvalue weighted by atomic mass is 10.2. The van der Waals surface area contributed by atoms with Gasteiger partial charge in [-0.25, -0.2) is 4.98 Å². The van der Waals surface area contributed by atoms with Crippen molar-refractivity contribution in [3.63, 3.8) is 0 Å². The summed E-state index contributed by atoms with van der Waals surface area (Å²) in [7, 11) is 1.66. The number of anilines is 1. The van der Waals surface area contributed by atoms with E-state index in [-0.39, 0.29) is 25.5 Å². The molecule has 6 nitrogen and oxygen atoms in total. The number of nitrogens with zero attached hydrogens (tertiary/aromatic N) is 4. The van der Waals surface area contributed by atoms with Gasteiger partial charge in [0.05, 0.1) is 15.7 Å². The second-order valence-corrected chi connectivity index (χ2v) is 8.11. The van der Waals surface area contributed by atoms with Gasteiger partial charge in [-0.3, -0.25) is 14.5 Å². The highest BCUT2D eigenvalue weighted by atomic mass is 35.5. The van der Waals surface area contributed by atoms with Crippen LogP contribution in [0.5, 0.6) is 0 Å². The lowest BCUT2D eigenvalue weighted by Gasteiger charge is -2.24. The van der Waals surface area contributed by atoms with Gasteiger partial charge in [-0.2, -0.15) is 18.3 Å². The monoisotopic (exact) mass is 475 g/mol. The largest absolute Gasteiger partial charge is 0.389 e. The van der Waals surface area contributed by atoms with Gasteiger partial charge >= 0.3 is 6.18 Å². The normalized spacial score (nSPS) is 12.0. The quantitative estimate of drug-likeness (QED) is 0.482. The molecule has 2 aromatic heterocycles.